The first-order chi connectivity index (χ1) is 8.77. The van der Waals surface area contributed by atoms with Crippen LogP contribution < -0.4 is 0 Å². The molecule has 2 rings (SSSR count). The minimum atomic E-state index is -0.584. The summed E-state index contributed by atoms with van der Waals surface area (Å²) in [4.78, 5) is 30.6. The zero-order valence-corrected chi connectivity index (χ0v) is 9.22. The Morgan fingerprint density at radius 3 is 1.39 bits per heavy atom. The summed E-state index contributed by atoms with van der Waals surface area (Å²) in [6.07, 6.45) is 5.86. The molecule has 0 fully saturated rings. The third-order valence-corrected chi connectivity index (χ3v) is 2.09. The Morgan fingerprint density at radius 1 is 0.722 bits per heavy atom. The standard InChI is InChI=1S/C12H8N4O2/c17-11(9-1-5-13-6-2-9)15-16-12(18)10-3-7-14-8-4-10/h1-8H. The average Bonchev–Trinajstić information content (AvgIpc) is 2.46. The quantitative estimate of drug-likeness (QED) is 0.750. The number of hydrogen-bond acceptors (Lipinski definition) is 4. The Balaban J connectivity index is 2.08. The van der Waals surface area contributed by atoms with Crippen molar-refractivity contribution in [1.82, 2.24) is 9.97 Å². The minimum absolute atomic E-state index is 0.330. The van der Waals surface area contributed by atoms with Crippen LogP contribution in [0.15, 0.2) is 59.3 Å². The molecule has 0 saturated carbocycles. The number of aromatic nitrogens is 2. The van der Waals surface area contributed by atoms with Gasteiger partial charge in [-0.05, 0) is 24.3 Å². The fourth-order valence-corrected chi connectivity index (χ4v) is 1.20. The molecule has 0 bridgehead atoms. The highest BCUT2D eigenvalue weighted by Gasteiger charge is 2.06. The monoisotopic (exact) mass is 240 g/mol. The van der Waals surface area contributed by atoms with E-state index in [1.807, 2.05) is 0 Å². The van der Waals surface area contributed by atoms with Gasteiger partial charge in [0.15, 0.2) is 0 Å². The molecule has 0 aliphatic carbocycles. The molecule has 0 aliphatic rings. The van der Waals surface area contributed by atoms with Crippen LogP contribution in [-0.2, 0) is 0 Å². The van der Waals surface area contributed by atoms with Gasteiger partial charge in [0.25, 0.3) is 11.8 Å². The zero-order chi connectivity index (χ0) is 12.8. The second-order valence-electron chi connectivity index (χ2n) is 3.28. The second kappa shape index (κ2) is 5.53. The molecule has 2 amide bonds. The van der Waals surface area contributed by atoms with Crippen molar-refractivity contribution in [2.75, 3.05) is 0 Å². The Hall–Kier alpha value is -2.76. The maximum atomic E-state index is 11.5. The zero-order valence-electron chi connectivity index (χ0n) is 9.22. The SMILES string of the molecule is O=C(N=NC(=O)c1ccncc1)c1ccncc1. The topological polar surface area (TPSA) is 84.6 Å². The Morgan fingerprint density at radius 2 is 1.06 bits per heavy atom. The first-order valence-corrected chi connectivity index (χ1v) is 5.08. The van der Waals surface area contributed by atoms with Crippen molar-refractivity contribution in [3.8, 4) is 0 Å². The van der Waals surface area contributed by atoms with Crippen LogP contribution in [0.4, 0.5) is 0 Å². The van der Waals surface area contributed by atoms with Crippen LogP contribution in [-0.4, -0.2) is 21.8 Å². The van der Waals surface area contributed by atoms with Gasteiger partial charge in [-0.1, -0.05) is 0 Å². The molecule has 2 aromatic rings. The second-order valence-corrected chi connectivity index (χ2v) is 3.28. The van der Waals surface area contributed by atoms with Gasteiger partial charge in [0.1, 0.15) is 0 Å². The molecule has 0 N–H and O–H groups in total. The molecule has 2 heterocycles. The van der Waals surface area contributed by atoms with E-state index in [9.17, 15) is 9.59 Å². The van der Waals surface area contributed by atoms with Crippen molar-refractivity contribution in [2.24, 2.45) is 10.2 Å². The van der Waals surface area contributed by atoms with Crippen LogP contribution in [0.3, 0.4) is 0 Å². The Kier molecular flexibility index (Phi) is 3.60. The molecule has 88 valence electrons. The summed E-state index contributed by atoms with van der Waals surface area (Å²) in [7, 11) is 0. The van der Waals surface area contributed by atoms with Crippen molar-refractivity contribution in [2.45, 2.75) is 0 Å². The lowest BCUT2D eigenvalue weighted by Gasteiger charge is -1.93. The molecule has 0 spiro atoms. The lowest BCUT2D eigenvalue weighted by atomic mass is 10.2. The summed E-state index contributed by atoms with van der Waals surface area (Å²) < 4.78 is 0. The minimum Gasteiger partial charge on any atom is -0.265 e. The number of carbonyl (C=O) groups excluding carboxylic acids is 2. The van der Waals surface area contributed by atoms with Crippen LogP contribution in [0.25, 0.3) is 0 Å². The summed E-state index contributed by atoms with van der Waals surface area (Å²) in [5.41, 5.74) is 0.660. The maximum absolute atomic E-state index is 11.5. The molecule has 18 heavy (non-hydrogen) atoms. The summed E-state index contributed by atoms with van der Waals surface area (Å²) >= 11 is 0. The summed E-state index contributed by atoms with van der Waals surface area (Å²) in [6.45, 7) is 0. The van der Waals surface area contributed by atoms with E-state index in [0.29, 0.717) is 11.1 Å². The highest BCUT2D eigenvalue weighted by Crippen LogP contribution is 2.03. The van der Waals surface area contributed by atoms with Crippen LogP contribution in [0.5, 0.6) is 0 Å². The molecule has 0 radical (unpaired) electrons. The van der Waals surface area contributed by atoms with Gasteiger partial charge in [0.05, 0.1) is 0 Å². The normalized spacial score (nSPS) is 10.4. The van der Waals surface area contributed by atoms with Gasteiger partial charge < -0.3 is 0 Å². The third kappa shape index (κ3) is 2.88. The Labute approximate surface area is 102 Å². The van der Waals surface area contributed by atoms with Crippen molar-refractivity contribution in [3.05, 3.63) is 60.2 Å². The largest absolute Gasteiger partial charge is 0.295 e. The first-order valence-electron chi connectivity index (χ1n) is 5.08. The molecule has 0 atom stereocenters. The number of carbonyl (C=O) groups is 2. The smallest absolute Gasteiger partial charge is 0.265 e. The van der Waals surface area contributed by atoms with E-state index in [-0.39, 0.29) is 0 Å². The fraction of sp³-hybridized carbons (Fsp3) is 0. The van der Waals surface area contributed by atoms with E-state index >= 15 is 0 Å². The summed E-state index contributed by atoms with van der Waals surface area (Å²) in [5.74, 6) is -1.17. The number of rotatable bonds is 2. The highest BCUT2D eigenvalue weighted by atomic mass is 16.2. The van der Waals surface area contributed by atoms with E-state index in [4.69, 9.17) is 0 Å². The number of amides is 2. The number of nitrogens with zero attached hydrogens (tertiary/aromatic N) is 4. The van der Waals surface area contributed by atoms with Crippen LogP contribution in [0.2, 0.25) is 0 Å². The van der Waals surface area contributed by atoms with E-state index in [1.54, 1.807) is 0 Å². The lowest BCUT2D eigenvalue weighted by molar-refractivity contribution is 0.0946. The Bertz CT molecular complexity index is 528. The van der Waals surface area contributed by atoms with Crippen LogP contribution >= 0.6 is 0 Å². The van der Waals surface area contributed by atoms with Crippen molar-refractivity contribution < 1.29 is 9.59 Å². The van der Waals surface area contributed by atoms with E-state index in [1.165, 1.54) is 49.1 Å². The number of azo groups is 1. The molecule has 0 aliphatic heterocycles. The molecule has 2 aromatic heterocycles. The van der Waals surface area contributed by atoms with Gasteiger partial charge in [0, 0.05) is 35.9 Å². The van der Waals surface area contributed by atoms with Crippen molar-refractivity contribution >= 4 is 11.8 Å². The predicted octanol–water partition coefficient (Wildman–Crippen LogP) is 1.91. The van der Waals surface area contributed by atoms with Crippen LogP contribution in [0.1, 0.15) is 20.7 Å². The van der Waals surface area contributed by atoms with Gasteiger partial charge in [-0.3, -0.25) is 19.6 Å². The summed E-state index contributed by atoms with van der Waals surface area (Å²) in [5, 5.41) is 6.72. The van der Waals surface area contributed by atoms with Crippen molar-refractivity contribution in [1.29, 1.82) is 0 Å². The highest BCUT2D eigenvalue weighted by molar-refractivity contribution is 5.98. The maximum Gasteiger partial charge on any atom is 0.295 e. The van der Waals surface area contributed by atoms with Crippen LogP contribution in [0, 0.1) is 0 Å². The van der Waals surface area contributed by atoms with E-state index < -0.39 is 11.8 Å². The first kappa shape index (κ1) is 11.7. The summed E-state index contributed by atoms with van der Waals surface area (Å²) in [6, 6.07) is 5.99. The lowest BCUT2D eigenvalue weighted by Crippen LogP contribution is -1.98. The fourth-order valence-electron chi connectivity index (χ4n) is 1.20. The number of hydrogen-bond donors (Lipinski definition) is 0. The third-order valence-electron chi connectivity index (χ3n) is 2.09. The predicted molar refractivity (Wildman–Crippen MR) is 62.0 cm³/mol. The average molecular weight is 240 g/mol. The van der Waals surface area contributed by atoms with Gasteiger partial charge in [-0.15, -0.1) is 10.2 Å². The van der Waals surface area contributed by atoms with E-state index in [2.05, 4.69) is 20.2 Å². The molecular weight excluding hydrogens is 232 g/mol. The molecule has 6 heteroatoms. The molecule has 0 unspecified atom stereocenters. The molecule has 6 nitrogen and oxygen atoms in total. The molecule has 0 saturated heterocycles. The molecular formula is C12H8N4O2. The van der Waals surface area contributed by atoms with Gasteiger partial charge in [0.2, 0.25) is 0 Å². The number of pyridine rings is 2. The van der Waals surface area contributed by atoms with E-state index in [0.717, 1.165) is 0 Å². The van der Waals surface area contributed by atoms with Crippen molar-refractivity contribution in [3.63, 3.8) is 0 Å². The molecule has 0 aromatic carbocycles. The van der Waals surface area contributed by atoms with Gasteiger partial charge >= 0.3 is 0 Å². The van der Waals surface area contributed by atoms with Gasteiger partial charge in [-0.2, -0.15) is 0 Å². The van der Waals surface area contributed by atoms with Gasteiger partial charge in [-0.25, -0.2) is 0 Å².